The molecule has 0 aliphatic heterocycles. The third-order valence-corrected chi connectivity index (χ3v) is 3.88. The van der Waals surface area contributed by atoms with Crippen LogP contribution in [0.4, 0.5) is 5.69 Å². The van der Waals surface area contributed by atoms with Crippen molar-refractivity contribution in [2.75, 3.05) is 5.32 Å². The molecule has 2 nitrogen and oxygen atoms in total. The molecule has 0 amide bonds. The molecule has 0 spiro atoms. The predicted octanol–water partition coefficient (Wildman–Crippen LogP) is 4.49. The smallest absolute Gasteiger partial charge is 0.0931 e. The summed E-state index contributed by atoms with van der Waals surface area (Å²) in [5, 5.41) is 4.62. The van der Waals surface area contributed by atoms with E-state index in [4.69, 9.17) is 11.6 Å². The molecule has 0 saturated carbocycles. The maximum Gasteiger partial charge on any atom is 0.0931 e. The minimum atomic E-state index is 0.809. The number of anilines is 1. The van der Waals surface area contributed by atoms with E-state index in [0.717, 1.165) is 22.1 Å². The average molecular weight is 263 g/mol. The van der Waals surface area contributed by atoms with Crippen LogP contribution in [0.15, 0.2) is 42.6 Å². The Hall–Kier alpha value is -1.45. The second kappa shape index (κ2) is 4.43. The van der Waals surface area contributed by atoms with Crippen LogP contribution >= 0.6 is 22.9 Å². The quantitative estimate of drug-likeness (QED) is 0.715. The molecule has 2 heterocycles. The van der Waals surface area contributed by atoms with Gasteiger partial charge in [0.2, 0.25) is 0 Å². The number of aromatic amines is 1. The Morgan fingerprint density at radius 1 is 1.18 bits per heavy atom. The average Bonchev–Trinajstić information content (AvgIpc) is 2.94. The molecule has 2 aromatic heterocycles. The Kier molecular flexibility index (Phi) is 2.79. The van der Waals surface area contributed by atoms with E-state index in [2.05, 4.69) is 34.6 Å². The van der Waals surface area contributed by atoms with Gasteiger partial charge < -0.3 is 10.3 Å². The highest BCUT2D eigenvalue weighted by atomic mass is 35.5. The molecule has 0 fully saturated rings. The monoisotopic (exact) mass is 262 g/mol. The topological polar surface area (TPSA) is 27.8 Å². The van der Waals surface area contributed by atoms with Crippen LogP contribution in [0.5, 0.6) is 0 Å². The molecule has 17 heavy (non-hydrogen) atoms. The van der Waals surface area contributed by atoms with Crippen molar-refractivity contribution >= 4 is 39.5 Å². The number of nitrogens with one attached hydrogen (secondary N) is 2. The SMILES string of the molecule is Clc1ccc(CNc2ccc3cc[nH]c3c2)s1. The van der Waals surface area contributed by atoms with Crippen LogP contribution in [0.3, 0.4) is 0 Å². The molecule has 86 valence electrons. The first-order valence-corrected chi connectivity index (χ1v) is 6.56. The normalized spacial score (nSPS) is 10.9. The third kappa shape index (κ3) is 2.30. The molecule has 3 rings (SSSR count). The van der Waals surface area contributed by atoms with E-state index in [9.17, 15) is 0 Å². The molecule has 0 aliphatic rings. The van der Waals surface area contributed by atoms with Crippen LogP contribution in [0.2, 0.25) is 4.34 Å². The number of benzene rings is 1. The summed E-state index contributed by atoms with van der Waals surface area (Å²) in [7, 11) is 0. The van der Waals surface area contributed by atoms with Gasteiger partial charge in [-0.1, -0.05) is 17.7 Å². The highest BCUT2D eigenvalue weighted by Crippen LogP contribution is 2.23. The number of hydrogen-bond acceptors (Lipinski definition) is 2. The Morgan fingerprint density at radius 2 is 2.12 bits per heavy atom. The van der Waals surface area contributed by atoms with Gasteiger partial charge in [0.15, 0.2) is 0 Å². The van der Waals surface area contributed by atoms with Crippen LogP contribution in [-0.4, -0.2) is 4.98 Å². The van der Waals surface area contributed by atoms with Crippen LogP contribution in [0.25, 0.3) is 10.9 Å². The lowest BCUT2D eigenvalue weighted by molar-refractivity contribution is 1.19. The van der Waals surface area contributed by atoms with Gasteiger partial charge in [-0.15, -0.1) is 11.3 Å². The van der Waals surface area contributed by atoms with Gasteiger partial charge in [-0.3, -0.25) is 0 Å². The lowest BCUT2D eigenvalue weighted by atomic mass is 10.2. The third-order valence-electron chi connectivity index (χ3n) is 2.65. The van der Waals surface area contributed by atoms with Crippen molar-refractivity contribution in [2.24, 2.45) is 0 Å². The van der Waals surface area contributed by atoms with Gasteiger partial charge >= 0.3 is 0 Å². The summed E-state index contributed by atoms with van der Waals surface area (Å²) >= 11 is 7.50. The Labute approximate surface area is 108 Å². The van der Waals surface area contributed by atoms with Crippen LogP contribution < -0.4 is 5.32 Å². The van der Waals surface area contributed by atoms with Crippen molar-refractivity contribution in [1.82, 2.24) is 4.98 Å². The van der Waals surface area contributed by atoms with Gasteiger partial charge in [0.1, 0.15) is 0 Å². The maximum absolute atomic E-state index is 5.89. The maximum atomic E-state index is 5.89. The fourth-order valence-electron chi connectivity index (χ4n) is 1.79. The van der Waals surface area contributed by atoms with Crippen LogP contribution in [-0.2, 0) is 6.54 Å². The van der Waals surface area contributed by atoms with Crippen LogP contribution in [0.1, 0.15) is 4.88 Å². The fraction of sp³-hybridized carbons (Fsp3) is 0.0769. The predicted molar refractivity (Wildman–Crippen MR) is 75.0 cm³/mol. The number of hydrogen-bond donors (Lipinski definition) is 2. The van der Waals surface area contributed by atoms with Crippen molar-refractivity contribution in [3.8, 4) is 0 Å². The second-order valence-electron chi connectivity index (χ2n) is 3.84. The number of H-pyrrole nitrogens is 1. The van der Waals surface area contributed by atoms with Gasteiger partial charge in [-0.2, -0.15) is 0 Å². The number of fused-ring (bicyclic) bond motifs is 1. The standard InChI is InChI=1S/C13H11ClN2S/c14-13-4-3-11(17-13)8-16-10-2-1-9-5-6-15-12(9)7-10/h1-7,15-16H,8H2. The van der Waals surface area contributed by atoms with Crippen LogP contribution in [0, 0.1) is 0 Å². The molecule has 0 unspecified atom stereocenters. The van der Waals surface area contributed by atoms with E-state index in [-0.39, 0.29) is 0 Å². The Bertz CT molecular complexity index is 641. The summed E-state index contributed by atoms with van der Waals surface area (Å²) in [6.07, 6.45) is 1.95. The highest BCUT2D eigenvalue weighted by molar-refractivity contribution is 7.16. The van der Waals surface area contributed by atoms with Gasteiger partial charge in [0.05, 0.1) is 4.34 Å². The van der Waals surface area contributed by atoms with E-state index in [1.165, 1.54) is 10.3 Å². The number of aromatic nitrogens is 1. The van der Waals surface area contributed by atoms with E-state index in [1.54, 1.807) is 11.3 Å². The van der Waals surface area contributed by atoms with Crippen molar-refractivity contribution < 1.29 is 0 Å². The van der Waals surface area contributed by atoms with Gasteiger partial charge in [0.25, 0.3) is 0 Å². The zero-order valence-electron chi connectivity index (χ0n) is 9.03. The van der Waals surface area contributed by atoms with Gasteiger partial charge in [-0.05, 0) is 35.7 Å². The summed E-state index contributed by atoms with van der Waals surface area (Å²) in [5.74, 6) is 0. The highest BCUT2D eigenvalue weighted by Gasteiger charge is 1.99. The van der Waals surface area contributed by atoms with Gasteiger partial charge in [-0.25, -0.2) is 0 Å². The lowest BCUT2D eigenvalue weighted by Gasteiger charge is -2.04. The van der Waals surface area contributed by atoms with E-state index < -0.39 is 0 Å². The fourth-order valence-corrected chi connectivity index (χ4v) is 2.82. The lowest BCUT2D eigenvalue weighted by Crippen LogP contribution is -1.96. The summed E-state index contributed by atoms with van der Waals surface area (Å²) in [5.41, 5.74) is 2.27. The number of rotatable bonds is 3. The minimum Gasteiger partial charge on any atom is -0.380 e. The largest absolute Gasteiger partial charge is 0.380 e. The zero-order valence-corrected chi connectivity index (χ0v) is 10.6. The summed E-state index contributed by atoms with van der Waals surface area (Å²) in [4.78, 5) is 4.44. The molecule has 4 heteroatoms. The molecule has 0 bridgehead atoms. The first-order valence-electron chi connectivity index (χ1n) is 5.36. The summed E-state index contributed by atoms with van der Waals surface area (Å²) in [6, 6.07) is 12.4. The second-order valence-corrected chi connectivity index (χ2v) is 5.64. The number of halogens is 1. The van der Waals surface area contributed by atoms with Crippen molar-refractivity contribution in [2.45, 2.75) is 6.54 Å². The van der Waals surface area contributed by atoms with Crippen molar-refractivity contribution in [3.05, 3.63) is 51.8 Å². The molecule has 1 aromatic carbocycles. The van der Waals surface area contributed by atoms with Gasteiger partial charge in [0, 0.05) is 28.8 Å². The van der Waals surface area contributed by atoms with E-state index in [0.29, 0.717) is 0 Å². The molecular weight excluding hydrogens is 252 g/mol. The summed E-state index contributed by atoms with van der Waals surface area (Å²) < 4.78 is 0.835. The molecule has 3 aromatic rings. The minimum absolute atomic E-state index is 0.809. The molecule has 0 aliphatic carbocycles. The molecular formula is C13H11ClN2S. The Morgan fingerprint density at radius 3 is 2.94 bits per heavy atom. The van der Waals surface area contributed by atoms with Crippen molar-refractivity contribution in [1.29, 1.82) is 0 Å². The van der Waals surface area contributed by atoms with E-state index in [1.807, 2.05) is 18.3 Å². The number of thiophene rings is 1. The zero-order chi connectivity index (χ0) is 11.7. The molecule has 0 atom stereocenters. The Balaban J connectivity index is 1.76. The molecule has 0 saturated heterocycles. The first kappa shape index (κ1) is 10.7. The van der Waals surface area contributed by atoms with E-state index >= 15 is 0 Å². The van der Waals surface area contributed by atoms with Crippen molar-refractivity contribution in [3.63, 3.8) is 0 Å². The molecule has 0 radical (unpaired) electrons. The molecule has 2 N–H and O–H groups in total. The summed E-state index contributed by atoms with van der Waals surface area (Å²) in [6.45, 7) is 0.809. The first-order chi connectivity index (χ1) is 8.31.